The smallest absolute Gasteiger partial charge is 0.265 e. The molecule has 32 heavy (non-hydrogen) atoms. The van der Waals surface area contributed by atoms with Crippen molar-refractivity contribution in [3.63, 3.8) is 0 Å². The van der Waals surface area contributed by atoms with E-state index in [9.17, 15) is 13.5 Å². The molecule has 0 bridgehead atoms. The molecule has 10 nitrogen and oxygen atoms in total. The summed E-state index contributed by atoms with van der Waals surface area (Å²) >= 11 is 5.96. The highest BCUT2D eigenvalue weighted by Gasteiger charge is 2.16. The molecule has 2 heterocycles. The van der Waals surface area contributed by atoms with Crippen molar-refractivity contribution in [2.24, 2.45) is 0 Å². The molecule has 0 saturated heterocycles. The molecule has 0 aliphatic rings. The SMILES string of the molecule is O=S(=O)(Nc1cccc(C(O)CNCCOc2ccc3c(Cl)n[nH]c3c2)c1)c1cn[nH]c1. The van der Waals surface area contributed by atoms with Crippen molar-refractivity contribution in [2.75, 3.05) is 24.4 Å². The maximum atomic E-state index is 12.3. The van der Waals surface area contributed by atoms with E-state index in [1.165, 1.54) is 12.4 Å². The maximum absolute atomic E-state index is 12.3. The van der Waals surface area contributed by atoms with Gasteiger partial charge >= 0.3 is 0 Å². The van der Waals surface area contributed by atoms with Gasteiger partial charge in [0.05, 0.1) is 17.8 Å². The Morgan fingerprint density at radius 3 is 2.91 bits per heavy atom. The highest BCUT2D eigenvalue weighted by molar-refractivity contribution is 7.92. The lowest BCUT2D eigenvalue weighted by molar-refractivity contribution is 0.172. The maximum Gasteiger partial charge on any atom is 0.265 e. The number of sulfonamides is 1. The van der Waals surface area contributed by atoms with Crippen LogP contribution in [0.4, 0.5) is 5.69 Å². The van der Waals surface area contributed by atoms with Gasteiger partial charge in [0.15, 0.2) is 5.15 Å². The molecule has 0 radical (unpaired) electrons. The first-order valence-corrected chi connectivity index (χ1v) is 11.6. The fourth-order valence-corrected chi connectivity index (χ4v) is 4.22. The van der Waals surface area contributed by atoms with Gasteiger partial charge < -0.3 is 15.2 Å². The number of ether oxygens (including phenoxy) is 1. The number of halogens is 1. The van der Waals surface area contributed by atoms with Crippen molar-refractivity contribution < 1.29 is 18.3 Å². The molecule has 4 rings (SSSR count). The second kappa shape index (κ2) is 9.57. The van der Waals surface area contributed by atoms with Gasteiger partial charge in [-0.3, -0.25) is 14.9 Å². The topological polar surface area (TPSA) is 145 Å². The Kier molecular flexibility index (Phi) is 6.61. The van der Waals surface area contributed by atoms with Crippen molar-refractivity contribution >= 4 is 38.2 Å². The number of benzene rings is 2. The average molecular weight is 477 g/mol. The molecule has 0 fully saturated rings. The minimum absolute atomic E-state index is 0.0277. The van der Waals surface area contributed by atoms with E-state index in [0.717, 1.165) is 10.9 Å². The predicted molar refractivity (Wildman–Crippen MR) is 120 cm³/mol. The molecule has 0 aliphatic heterocycles. The normalized spacial score (nSPS) is 12.7. The monoisotopic (exact) mass is 476 g/mol. The van der Waals surface area contributed by atoms with Crippen molar-refractivity contribution in [1.29, 1.82) is 0 Å². The van der Waals surface area contributed by atoms with Gasteiger partial charge in [0.25, 0.3) is 10.0 Å². The van der Waals surface area contributed by atoms with Crippen molar-refractivity contribution in [3.8, 4) is 5.75 Å². The molecule has 1 unspecified atom stereocenters. The summed E-state index contributed by atoms with van der Waals surface area (Å²) in [5, 5.41) is 27.7. The minimum Gasteiger partial charge on any atom is -0.492 e. The van der Waals surface area contributed by atoms with Gasteiger partial charge in [-0.2, -0.15) is 10.2 Å². The third kappa shape index (κ3) is 5.19. The Balaban J connectivity index is 1.25. The molecule has 2 aromatic carbocycles. The van der Waals surface area contributed by atoms with Crippen LogP contribution in [0.5, 0.6) is 5.75 Å². The van der Waals surface area contributed by atoms with Gasteiger partial charge in [-0.1, -0.05) is 23.7 Å². The van der Waals surface area contributed by atoms with E-state index in [2.05, 4.69) is 30.4 Å². The van der Waals surface area contributed by atoms with Gasteiger partial charge in [-0.25, -0.2) is 8.42 Å². The number of nitrogens with zero attached hydrogens (tertiary/aromatic N) is 2. The van der Waals surface area contributed by atoms with E-state index in [-0.39, 0.29) is 11.4 Å². The summed E-state index contributed by atoms with van der Waals surface area (Å²) < 4.78 is 32.8. The molecule has 4 aromatic rings. The van der Waals surface area contributed by atoms with E-state index < -0.39 is 16.1 Å². The first-order chi connectivity index (χ1) is 15.4. The molecule has 2 aromatic heterocycles. The fraction of sp³-hybridized carbons (Fsp3) is 0.200. The summed E-state index contributed by atoms with van der Waals surface area (Å²) in [6.45, 7) is 1.17. The zero-order valence-corrected chi connectivity index (χ0v) is 18.3. The number of aliphatic hydroxyl groups is 1. The number of aromatic nitrogens is 4. The van der Waals surface area contributed by atoms with Crippen LogP contribution in [0.15, 0.2) is 59.8 Å². The fourth-order valence-electron chi connectivity index (χ4n) is 3.06. The predicted octanol–water partition coefficient (Wildman–Crippen LogP) is 2.44. The second-order valence-corrected chi connectivity index (χ2v) is 9.00. The van der Waals surface area contributed by atoms with Crippen LogP contribution in [0.25, 0.3) is 10.9 Å². The lowest BCUT2D eigenvalue weighted by Crippen LogP contribution is -2.26. The van der Waals surface area contributed by atoms with E-state index >= 15 is 0 Å². The number of fused-ring (bicyclic) bond motifs is 1. The Bertz CT molecular complexity index is 1290. The van der Waals surface area contributed by atoms with Crippen molar-refractivity contribution in [1.82, 2.24) is 25.7 Å². The van der Waals surface area contributed by atoms with Crippen LogP contribution < -0.4 is 14.8 Å². The molecule has 0 saturated carbocycles. The quantitative estimate of drug-likeness (QED) is 0.221. The van der Waals surface area contributed by atoms with Crippen LogP contribution in [-0.2, 0) is 10.0 Å². The second-order valence-electron chi connectivity index (χ2n) is 6.96. The van der Waals surface area contributed by atoms with Gasteiger partial charge in [0.1, 0.15) is 17.3 Å². The number of anilines is 1. The van der Waals surface area contributed by atoms with E-state index in [4.69, 9.17) is 16.3 Å². The molecular formula is C20H21ClN6O4S. The molecule has 168 valence electrons. The highest BCUT2D eigenvalue weighted by Crippen LogP contribution is 2.24. The highest BCUT2D eigenvalue weighted by atomic mass is 35.5. The van der Waals surface area contributed by atoms with Crippen molar-refractivity contribution in [3.05, 3.63) is 65.6 Å². The molecule has 12 heteroatoms. The minimum atomic E-state index is -3.75. The van der Waals surface area contributed by atoms with Crippen LogP contribution in [0, 0.1) is 0 Å². The molecule has 0 amide bonds. The molecule has 1 atom stereocenters. The standard InChI is InChI=1S/C20H21ClN6O4S/c21-20-17-5-4-15(9-18(17)25-26-20)31-7-6-22-12-19(28)13-2-1-3-14(8-13)27-32(29,30)16-10-23-24-11-16/h1-5,8-11,19,22,27-28H,6-7,12H2,(H,23,24)(H,25,26). The van der Waals surface area contributed by atoms with Crippen LogP contribution >= 0.6 is 11.6 Å². The number of aromatic amines is 2. The van der Waals surface area contributed by atoms with E-state index in [1.807, 2.05) is 18.2 Å². The third-order valence-corrected chi connectivity index (χ3v) is 6.32. The molecule has 0 aliphatic carbocycles. The summed E-state index contributed by atoms with van der Waals surface area (Å²) in [7, 11) is -3.75. The number of hydrogen-bond acceptors (Lipinski definition) is 7. The van der Waals surface area contributed by atoms with Gasteiger partial charge in [0, 0.05) is 36.4 Å². The van der Waals surface area contributed by atoms with Gasteiger partial charge in [-0.05, 0) is 29.8 Å². The zero-order chi connectivity index (χ0) is 22.6. The Morgan fingerprint density at radius 1 is 1.22 bits per heavy atom. The molecular weight excluding hydrogens is 456 g/mol. The third-order valence-electron chi connectivity index (χ3n) is 4.68. The number of nitrogens with one attached hydrogen (secondary N) is 4. The first kappa shape index (κ1) is 22.1. The number of H-pyrrole nitrogens is 2. The van der Waals surface area contributed by atoms with Crippen LogP contribution in [0.2, 0.25) is 5.15 Å². The summed E-state index contributed by atoms with van der Waals surface area (Å²) in [5.74, 6) is 0.678. The molecule has 0 spiro atoms. The largest absolute Gasteiger partial charge is 0.492 e. The summed E-state index contributed by atoms with van der Waals surface area (Å²) in [6.07, 6.45) is 1.68. The number of hydrogen-bond donors (Lipinski definition) is 5. The lowest BCUT2D eigenvalue weighted by atomic mass is 10.1. The van der Waals surface area contributed by atoms with Crippen LogP contribution in [0.1, 0.15) is 11.7 Å². The molecule has 5 N–H and O–H groups in total. The first-order valence-electron chi connectivity index (χ1n) is 9.69. The number of aliphatic hydroxyl groups excluding tert-OH is 1. The van der Waals surface area contributed by atoms with E-state index in [1.54, 1.807) is 24.3 Å². The Morgan fingerprint density at radius 2 is 2.09 bits per heavy atom. The van der Waals surface area contributed by atoms with Crippen molar-refractivity contribution in [2.45, 2.75) is 11.0 Å². The van der Waals surface area contributed by atoms with Crippen LogP contribution in [0.3, 0.4) is 0 Å². The van der Waals surface area contributed by atoms with E-state index in [0.29, 0.717) is 35.3 Å². The van der Waals surface area contributed by atoms with Gasteiger partial charge in [-0.15, -0.1) is 0 Å². The zero-order valence-electron chi connectivity index (χ0n) is 16.7. The summed E-state index contributed by atoms with van der Waals surface area (Å²) in [5.41, 5.74) is 1.71. The summed E-state index contributed by atoms with van der Waals surface area (Å²) in [6, 6.07) is 12.1. The average Bonchev–Trinajstić information content (AvgIpc) is 3.44. The lowest BCUT2D eigenvalue weighted by Gasteiger charge is -2.14. The summed E-state index contributed by atoms with van der Waals surface area (Å²) in [4.78, 5) is 0.0277. The Hall–Kier alpha value is -3.12. The Labute approximate surface area is 189 Å². The number of rotatable bonds is 10. The van der Waals surface area contributed by atoms with Crippen LogP contribution in [-0.4, -0.2) is 53.6 Å². The van der Waals surface area contributed by atoms with Gasteiger partial charge in [0.2, 0.25) is 0 Å².